The molecule has 0 aliphatic heterocycles. The molecule has 0 aromatic rings. The fourth-order valence-corrected chi connectivity index (χ4v) is 10.9. The average molecular weight is 505 g/mol. The molecule has 4 saturated carbocycles. The van der Waals surface area contributed by atoms with Crippen LogP contribution in [0.2, 0.25) is 0 Å². The Morgan fingerprint density at radius 1 is 0.917 bits per heavy atom. The van der Waals surface area contributed by atoms with Gasteiger partial charge in [0.1, 0.15) is 0 Å². The van der Waals surface area contributed by atoms with Crippen molar-refractivity contribution in [1.82, 2.24) is 0 Å². The first-order valence-electron chi connectivity index (χ1n) is 14.1. The highest BCUT2D eigenvalue weighted by Crippen LogP contribution is 2.75. The topological polar surface area (TPSA) is 118 Å². The molecule has 36 heavy (non-hydrogen) atoms. The van der Waals surface area contributed by atoms with Crippen LogP contribution in [0.1, 0.15) is 92.9 Å². The number of aliphatic hydroxyl groups excluding tert-OH is 4. The van der Waals surface area contributed by atoms with Gasteiger partial charge in [-0.25, -0.2) is 0 Å². The summed E-state index contributed by atoms with van der Waals surface area (Å²) in [7, 11) is 0. The lowest BCUT2D eigenvalue weighted by Gasteiger charge is -2.72. The molecule has 11 atom stereocenters. The van der Waals surface area contributed by atoms with Crippen LogP contribution in [0.5, 0.6) is 0 Å². The molecule has 6 nitrogen and oxygen atoms in total. The van der Waals surface area contributed by atoms with Crippen LogP contribution < -0.4 is 0 Å². The maximum atomic E-state index is 12.8. The molecule has 4 fully saturated rings. The lowest BCUT2D eigenvalue weighted by atomic mass is 9.33. The van der Waals surface area contributed by atoms with E-state index in [1.54, 1.807) is 0 Å². The van der Waals surface area contributed by atoms with Crippen molar-refractivity contribution in [2.45, 2.75) is 111 Å². The number of hydrogen-bond acceptors (Lipinski definition) is 5. The number of hydrogen-bond donors (Lipinski definition) is 5. The van der Waals surface area contributed by atoms with Gasteiger partial charge in [0.05, 0.1) is 30.3 Å². The maximum absolute atomic E-state index is 12.8. The highest BCUT2D eigenvalue weighted by atomic mass is 16.4. The summed E-state index contributed by atoms with van der Waals surface area (Å²) in [5.74, 6) is -0.842. The SMILES string of the molecule is CC1(C)CC[C@]2(C(=O)O)CC[C@]3(C)C(=CC[C@@H]4[C@@]5(C)C[C@H](O)[C@H](O)C(C)(CO)C5[C@H](O)C[C@]43C)[C@@H]2C1. The van der Waals surface area contributed by atoms with Gasteiger partial charge in [-0.2, -0.15) is 0 Å². The van der Waals surface area contributed by atoms with E-state index in [1.165, 1.54) is 5.57 Å². The summed E-state index contributed by atoms with van der Waals surface area (Å²) in [6.45, 7) is 12.8. The normalized spacial score (nSPS) is 55.9. The van der Waals surface area contributed by atoms with E-state index in [9.17, 15) is 30.3 Å². The second-order valence-corrected chi connectivity index (χ2v) is 15.2. The third-order valence-corrected chi connectivity index (χ3v) is 13.0. The van der Waals surface area contributed by atoms with Crippen LogP contribution in [0.4, 0.5) is 0 Å². The predicted molar refractivity (Wildman–Crippen MR) is 137 cm³/mol. The Labute approximate surface area is 216 Å². The molecular formula is C30H48O6. The molecule has 5 aliphatic carbocycles. The largest absolute Gasteiger partial charge is 0.481 e. The van der Waals surface area contributed by atoms with Gasteiger partial charge in [-0.15, -0.1) is 0 Å². The highest BCUT2D eigenvalue weighted by molar-refractivity contribution is 5.76. The van der Waals surface area contributed by atoms with E-state index in [0.29, 0.717) is 19.3 Å². The van der Waals surface area contributed by atoms with Crippen LogP contribution in [-0.4, -0.2) is 56.4 Å². The highest BCUT2D eigenvalue weighted by Gasteiger charge is 2.72. The lowest BCUT2D eigenvalue weighted by Crippen LogP contribution is -2.71. The van der Waals surface area contributed by atoms with Crippen LogP contribution in [-0.2, 0) is 4.79 Å². The van der Waals surface area contributed by atoms with Crippen LogP contribution in [0.3, 0.4) is 0 Å². The number of allylic oxidation sites excluding steroid dienone is 2. The zero-order chi connectivity index (χ0) is 26.7. The molecule has 204 valence electrons. The van der Waals surface area contributed by atoms with E-state index < -0.39 is 40.5 Å². The number of fused-ring (bicyclic) bond motifs is 7. The van der Waals surface area contributed by atoms with Gasteiger partial charge >= 0.3 is 5.97 Å². The summed E-state index contributed by atoms with van der Waals surface area (Å²) in [5, 5.41) is 54.6. The molecule has 0 bridgehead atoms. The minimum atomic E-state index is -1.08. The Balaban J connectivity index is 1.64. The van der Waals surface area contributed by atoms with Crippen LogP contribution in [0, 0.1) is 50.2 Å². The number of carboxylic acid groups (broad SMARTS) is 1. The van der Waals surface area contributed by atoms with Gasteiger partial charge in [-0.05, 0) is 84.9 Å². The number of aliphatic hydroxyl groups is 4. The van der Waals surface area contributed by atoms with Crippen molar-refractivity contribution in [1.29, 1.82) is 0 Å². The average Bonchev–Trinajstić information content (AvgIpc) is 2.77. The second-order valence-electron chi connectivity index (χ2n) is 15.2. The zero-order valence-corrected chi connectivity index (χ0v) is 23.0. The van der Waals surface area contributed by atoms with E-state index in [2.05, 4.69) is 40.7 Å². The van der Waals surface area contributed by atoms with Crippen molar-refractivity contribution in [3.05, 3.63) is 11.6 Å². The molecule has 0 amide bonds. The van der Waals surface area contributed by atoms with Crippen LogP contribution in [0.25, 0.3) is 0 Å². The minimum absolute atomic E-state index is 0.000534. The zero-order valence-electron chi connectivity index (χ0n) is 23.0. The first kappa shape index (κ1) is 26.6. The van der Waals surface area contributed by atoms with Crippen LogP contribution in [0.15, 0.2) is 11.6 Å². The van der Waals surface area contributed by atoms with Gasteiger partial charge in [0.25, 0.3) is 0 Å². The molecule has 0 spiro atoms. The molecule has 5 N–H and O–H groups in total. The van der Waals surface area contributed by atoms with Gasteiger partial charge in [-0.1, -0.05) is 53.2 Å². The van der Waals surface area contributed by atoms with Gasteiger partial charge in [-0.3, -0.25) is 4.79 Å². The lowest BCUT2D eigenvalue weighted by molar-refractivity contribution is -0.273. The van der Waals surface area contributed by atoms with Crippen molar-refractivity contribution < 1.29 is 30.3 Å². The summed E-state index contributed by atoms with van der Waals surface area (Å²) in [6.07, 6.45) is 5.27. The maximum Gasteiger partial charge on any atom is 0.310 e. The van der Waals surface area contributed by atoms with E-state index in [1.807, 2.05) is 6.92 Å². The molecule has 5 rings (SSSR count). The minimum Gasteiger partial charge on any atom is -0.481 e. The van der Waals surface area contributed by atoms with Gasteiger partial charge in [0.2, 0.25) is 0 Å². The Morgan fingerprint density at radius 2 is 1.56 bits per heavy atom. The van der Waals surface area contributed by atoms with E-state index >= 15 is 0 Å². The second kappa shape index (κ2) is 7.80. The number of carboxylic acids is 1. The fraction of sp³-hybridized carbons (Fsp3) is 0.900. The number of carbonyl (C=O) groups is 1. The number of rotatable bonds is 2. The Morgan fingerprint density at radius 3 is 2.17 bits per heavy atom. The molecule has 0 radical (unpaired) electrons. The molecule has 0 heterocycles. The number of aliphatic carboxylic acids is 1. The third-order valence-electron chi connectivity index (χ3n) is 13.0. The summed E-state index contributed by atoms with van der Waals surface area (Å²) in [6, 6.07) is 0. The van der Waals surface area contributed by atoms with Gasteiger partial charge in [0.15, 0.2) is 0 Å². The quantitative estimate of drug-likeness (QED) is 0.361. The Hall–Kier alpha value is -0.950. The molecule has 0 aromatic carbocycles. The molecule has 0 aromatic heterocycles. The molecular weight excluding hydrogens is 456 g/mol. The van der Waals surface area contributed by atoms with Crippen molar-refractivity contribution in [2.75, 3.05) is 6.61 Å². The summed E-state index contributed by atoms with van der Waals surface area (Å²) in [4.78, 5) is 12.8. The Kier molecular flexibility index (Phi) is 5.77. The van der Waals surface area contributed by atoms with Crippen LogP contribution >= 0.6 is 0 Å². The standard InChI is InChI=1S/C30H48O6/c1-25(2)9-11-30(24(35)36)12-10-28(5)17(18(30)13-25)7-8-21-26(3)14-20(33)23(34)27(4,16-31)22(26)19(32)15-29(21,28)6/h7,18-23,31-34H,8-16H2,1-6H3,(H,35,36)/t18-,19+,20-,21+,22?,23-,26+,27?,28+,29+,30-/m0/s1. The third kappa shape index (κ3) is 3.08. The first-order valence-corrected chi connectivity index (χ1v) is 14.1. The van der Waals surface area contributed by atoms with Gasteiger partial charge in [0, 0.05) is 11.3 Å². The smallest absolute Gasteiger partial charge is 0.310 e. The molecule has 6 heteroatoms. The monoisotopic (exact) mass is 504 g/mol. The summed E-state index contributed by atoms with van der Waals surface area (Å²) < 4.78 is 0. The van der Waals surface area contributed by atoms with Crippen molar-refractivity contribution >= 4 is 5.97 Å². The van der Waals surface area contributed by atoms with E-state index in [-0.39, 0.29) is 40.6 Å². The van der Waals surface area contributed by atoms with Crippen molar-refractivity contribution in [3.8, 4) is 0 Å². The van der Waals surface area contributed by atoms with E-state index in [4.69, 9.17) is 0 Å². The first-order chi connectivity index (χ1) is 16.5. The van der Waals surface area contributed by atoms with Crippen molar-refractivity contribution in [2.24, 2.45) is 50.2 Å². The van der Waals surface area contributed by atoms with Crippen molar-refractivity contribution in [3.63, 3.8) is 0 Å². The summed E-state index contributed by atoms with van der Waals surface area (Å²) >= 11 is 0. The molecule has 5 aliphatic rings. The fourth-order valence-electron chi connectivity index (χ4n) is 10.9. The van der Waals surface area contributed by atoms with E-state index in [0.717, 1.165) is 32.1 Å². The molecule has 2 unspecified atom stereocenters. The predicted octanol–water partition coefficient (Wildman–Crippen LogP) is 4.15. The summed E-state index contributed by atoms with van der Waals surface area (Å²) in [5.41, 5.74) is -1.32. The Bertz CT molecular complexity index is 974. The van der Waals surface area contributed by atoms with Gasteiger partial charge < -0.3 is 25.5 Å². The molecule has 0 saturated heterocycles.